The summed E-state index contributed by atoms with van der Waals surface area (Å²) in [7, 11) is 0. The van der Waals surface area contributed by atoms with Crippen LogP contribution in [-0.2, 0) is 6.18 Å². The van der Waals surface area contributed by atoms with E-state index < -0.39 is 11.2 Å². The Labute approximate surface area is 114 Å². The minimum atomic E-state index is -4.49. The van der Waals surface area contributed by atoms with Gasteiger partial charge in [-0.3, -0.25) is 0 Å². The maximum atomic E-state index is 12.4. The predicted octanol–water partition coefficient (Wildman–Crippen LogP) is 4.84. The second-order valence-electron chi connectivity index (χ2n) is 3.31. The zero-order valence-electron chi connectivity index (χ0n) is 8.42. The third-order valence-corrected chi connectivity index (χ3v) is 3.74. The Hall–Kier alpha value is -0.980. The number of phenolic OH excluding ortho intramolecular Hbond substituents is 1. The van der Waals surface area contributed by atoms with E-state index in [2.05, 4.69) is 4.98 Å². The van der Waals surface area contributed by atoms with Crippen LogP contribution in [0.25, 0.3) is 10.4 Å². The molecule has 1 aromatic heterocycles. The van der Waals surface area contributed by atoms with Crippen molar-refractivity contribution in [1.29, 1.82) is 0 Å². The minimum Gasteiger partial charge on any atom is -0.506 e. The zero-order chi connectivity index (χ0) is 13.5. The van der Waals surface area contributed by atoms with Gasteiger partial charge in [0, 0.05) is 17.8 Å². The van der Waals surface area contributed by atoms with E-state index >= 15 is 0 Å². The Morgan fingerprint density at radius 3 is 2.39 bits per heavy atom. The topological polar surface area (TPSA) is 33.1 Å². The number of phenols is 1. The van der Waals surface area contributed by atoms with Crippen LogP contribution in [0.15, 0.2) is 18.3 Å². The second kappa shape index (κ2) is 4.60. The molecule has 0 aliphatic rings. The largest absolute Gasteiger partial charge is 0.506 e. The average molecular weight is 314 g/mol. The molecular formula is C10H4Cl2F3NOS. The van der Waals surface area contributed by atoms with E-state index in [4.69, 9.17) is 23.2 Å². The molecule has 18 heavy (non-hydrogen) atoms. The summed E-state index contributed by atoms with van der Waals surface area (Å²) in [6.07, 6.45) is -3.42. The summed E-state index contributed by atoms with van der Waals surface area (Å²) in [5.41, 5.74) is 0.299. The summed E-state index contributed by atoms with van der Waals surface area (Å²) in [5, 5.41) is 8.45. The molecule has 0 unspecified atom stereocenters. The quantitative estimate of drug-likeness (QED) is 0.817. The molecule has 0 amide bonds. The number of aromatic nitrogens is 1. The zero-order valence-corrected chi connectivity index (χ0v) is 10.8. The first-order chi connectivity index (χ1) is 8.29. The van der Waals surface area contributed by atoms with Gasteiger partial charge in [-0.25, -0.2) is 4.98 Å². The lowest BCUT2D eigenvalue weighted by molar-refractivity contribution is -0.137. The molecule has 0 saturated carbocycles. The first-order valence-corrected chi connectivity index (χ1v) is 6.07. The fourth-order valence-corrected chi connectivity index (χ4v) is 2.55. The fourth-order valence-electron chi connectivity index (χ4n) is 1.25. The van der Waals surface area contributed by atoms with Gasteiger partial charge in [0.1, 0.15) is 5.75 Å². The molecule has 2 nitrogen and oxygen atoms in total. The summed E-state index contributed by atoms with van der Waals surface area (Å²) in [6.45, 7) is 0. The van der Waals surface area contributed by atoms with Crippen molar-refractivity contribution in [2.45, 2.75) is 6.18 Å². The van der Waals surface area contributed by atoms with Crippen molar-refractivity contribution in [2.75, 3.05) is 0 Å². The molecule has 2 rings (SSSR count). The van der Waals surface area contributed by atoms with E-state index in [1.807, 2.05) is 0 Å². The molecule has 2 aromatic rings. The van der Waals surface area contributed by atoms with Gasteiger partial charge in [-0.1, -0.05) is 23.2 Å². The Morgan fingerprint density at radius 2 is 1.83 bits per heavy atom. The number of alkyl halides is 3. The van der Waals surface area contributed by atoms with Gasteiger partial charge in [0.25, 0.3) is 0 Å². The van der Waals surface area contributed by atoms with E-state index in [1.165, 1.54) is 12.1 Å². The molecule has 0 aliphatic carbocycles. The fraction of sp³-hybridized carbons (Fsp3) is 0.100. The Morgan fingerprint density at radius 1 is 1.17 bits per heavy atom. The summed E-state index contributed by atoms with van der Waals surface area (Å²) >= 11 is 12.0. The van der Waals surface area contributed by atoms with E-state index in [9.17, 15) is 18.3 Å². The number of halogens is 5. The first-order valence-electron chi connectivity index (χ1n) is 4.50. The normalized spacial score (nSPS) is 11.8. The van der Waals surface area contributed by atoms with Gasteiger partial charge in [0.05, 0.1) is 14.9 Å². The van der Waals surface area contributed by atoms with Crippen LogP contribution in [0, 0.1) is 0 Å². The van der Waals surface area contributed by atoms with Crippen LogP contribution >= 0.6 is 34.5 Å². The van der Waals surface area contributed by atoms with Crippen LogP contribution in [0.1, 0.15) is 5.01 Å². The molecule has 96 valence electrons. The Kier molecular flexibility index (Phi) is 3.44. The molecule has 1 N–H and O–H groups in total. The SMILES string of the molecule is Oc1cc(Cl)c(-c2cnc(C(F)(F)F)s2)cc1Cl. The molecule has 0 atom stereocenters. The monoisotopic (exact) mass is 313 g/mol. The highest BCUT2D eigenvalue weighted by atomic mass is 35.5. The number of aromatic hydroxyl groups is 1. The molecule has 0 bridgehead atoms. The summed E-state index contributed by atoms with van der Waals surface area (Å²) < 4.78 is 37.2. The number of rotatable bonds is 1. The molecule has 0 spiro atoms. The molecule has 0 saturated heterocycles. The van der Waals surface area contributed by atoms with Crippen LogP contribution in [0.4, 0.5) is 13.2 Å². The van der Waals surface area contributed by atoms with Crippen molar-refractivity contribution in [2.24, 2.45) is 0 Å². The van der Waals surface area contributed by atoms with Crippen LogP contribution in [0.2, 0.25) is 10.0 Å². The maximum absolute atomic E-state index is 12.4. The van der Waals surface area contributed by atoms with Gasteiger partial charge in [0.15, 0.2) is 5.01 Å². The number of benzene rings is 1. The summed E-state index contributed by atoms with van der Waals surface area (Å²) in [6, 6.07) is 2.47. The smallest absolute Gasteiger partial charge is 0.443 e. The van der Waals surface area contributed by atoms with Gasteiger partial charge < -0.3 is 5.11 Å². The lowest BCUT2D eigenvalue weighted by Crippen LogP contribution is -2.02. The van der Waals surface area contributed by atoms with E-state index in [1.54, 1.807) is 0 Å². The van der Waals surface area contributed by atoms with Gasteiger partial charge in [-0.15, -0.1) is 11.3 Å². The van der Waals surface area contributed by atoms with Crippen LogP contribution in [-0.4, -0.2) is 10.1 Å². The summed E-state index contributed by atoms with van der Waals surface area (Å²) in [4.78, 5) is 3.52. The second-order valence-corrected chi connectivity index (χ2v) is 5.16. The molecule has 0 radical (unpaired) electrons. The average Bonchev–Trinajstić information content (AvgIpc) is 2.72. The molecular weight excluding hydrogens is 310 g/mol. The highest BCUT2D eigenvalue weighted by Crippen LogP contribution is 2.41. The molecule has 0 aliphatic heterocycles. The van der Waals surface area contributed by atoms with Crippen molar-refractivity contribution in [3.8, 4) is 16.2 Å². The van der Waals surface area contributed by atoms with Crippen LogP contribution in [0.5, 0.6) is 5.75 Å². The van der Waals surface area contributed by atoms with Crippen molar-refractivity contribution in [3.63, 3.8) is 0 Å². The first kappa shape index (κ1) is 13.5. The summed E-state index contributed by atoms with van der Waals surface area (Å²) in [5.74, 6) is -0.231. The number of thiazole rings is 1. The van der Waals surface area contributed by atoms with E-state index in [0.717, 1.165) is 6.20 Å². The molecule has 1 heterocycles. The van der Waals surface area contributed by atoms with Crippen molar-refractivity contribution in [3.05, 3.63) is 33.4 Å². The molecule has 0 fully saturated rings. The molecule has 8 heteroatoms. The highest BCUT2D eigenvalue weighted by Gasteiger charge is 2.34. The Balaban J connectivity index is 2.50. The third-order valence-electron chi connectivity index (χ3n) is 2.05. The lowest BCUT2D eigenvalue weighted by Gasteiger charge is -2.04. The number of nitrogens with zero attached hydrogens (tertiary/aromatic N) is 1. The maximum Gasteiger partial charge on any atom is 0.443 e. The number of hydrogen-bond acceptors (Lipinski definition) is 3. The van der Waals surface area contributed by atoms with E-state index in [0.29, 0.717) is 16.9 Å². The van der Waals surface area contributed by atoms with Crippen LogP contribution < -0.4 is 0 Å². The third kappa shape index (κ3) is 2.55. The molecule has 1 aromatic carbocycles. The van der Waals surface area contributed by atoms with Crippen molar-refractivity contribution in [1.82, 2.24) is 4.98 Å². The standard InChI is InChI=1S/C10H4Cl2F3NOS/c11-5-2-7(17)6(12)1-4(5)8-3-16-9(18-8)10(13,14)15/h1-3,17H. The predicted molar refractivity (Wildman–Crippen MR) is 64.2 cm³/mol. The van der Waals surface area contributed by atoms with Crippen molar-refractivity contribution < 1.29 is 18.3 Å². The van der Waals surface area contributed by atoms with Gasteiger partial charge >= 0.3 is 6.18 Å². The van der Waals surface area contributed by atoms with Gasteiger partial charge in [0.2, 0.25) is 0 Å². The van der Waals surface area contributed by atoms with Crippen molar-refractivity contribution >= 4 is 34.5 Å². The van der Waals surface area contributed by atoms with Crippen LogP contribution in [0.3, 0.4) is 0 Å². The Bertz CT molecular complexity index is 597. The van der Waals surface area contributed by atoms with E-state index in [-0.39, 0.29) is 20.7 Å². The minimum absolute atomic E-state index is 0.0105. The van der Waals surface area contributed by atoms with Gasteiger partial charge in [-0.2, -0.15) is 13.2 Å². The lowest BCUT2D eigenvalue weighted by atomic mass is 10.2. The highest BCUT2D eigenvalue weighted by molar-refractivity contribution is 7.15. The van der Waals surface area contributed by atoms with Gasteiger partial charge in [-0.05, 0) is 6.07 Å². The number of hydrogen-bond donors (Lipinski definition) is 1.